The largest absolute Gasteiger partial charge is 0.438 e. The fourth-order valence-corrected chi connectivity index (χ4v) is 1.96. The molecule has 3 heteroatoms. The molecule has 0 unspecified atom stereocenters. The third-order valence-corrected chi connectivity index (χ3v) is 2.95. The molecule has 0 saturated carbocycles. The van der Waals surface area contributed by atoms with Crippen molar-refractivity contribution in [1.82, 2.24) is 4.98 Å². The Labute approximate surface area is 117 Å². The maximum atomic E-state index is 5.85. The van der Waals surface area contributed by atoms with E-state index in [1.807, 2.05) is 54.6 Å². The third-order valence-electron chi connectivity index (χ3n) is 2.95. The van der Waals surface area contributed by atoms with Crippen molar-refractivity contribution in [3.05, 3.63) is 72.9 Å². The van der Waals surface area contributed by atoms with E-state index in [0.717, 1.165) is 16.9 Å². The van der Waals surface area contributed by atoms with Crippen LogP contribution in [0.5, 0.6) is 11.6 Å². The monoisotopic (exact) mass is 262 g/mol. The SMILES string of the molecule is Nc1ccc(Oc2ncccc2-c2ccccc2)cc1. The molecule has 0 fully saturated rings. The van der Waals surface area contributed by atoms with E-state index >= 15 is 0 Å². The summed E-state index contributed by atoms with van der Waals surface area (Å²) in [5.74, 6) is 1.30. The van der Waals surface area contributed by atoms with Crippen molar-refractivity contribution in [2.24, 2.45) is 0 Å². The highest BCUT2D eigenvalue weighted by Crippen LogP contribution is 2.31. The van der Waals surface area contributed by atoms with E-state index < -0.39 is 0 Å². The molecule has 0 aliphatic carbocycles. The highest BCUT2D eigenvalue weighted by molar-refractivity contribution is 5.68. The molecule has 0 amide bonds. The zero-order chi connectivity index (χ0) is 13.8. The average molecular weight is 262 g/mol. The van der Waals surface area contributed by atoms with Crippen molar-refractivity contribution in [3.63, 3.8) is 0 Å². The summed E-state index contributed by atoms with van der Waals surface area (Å²) in [4.78, 5) is 4.32. The van der Waals surface area contributed by atoms with E-state index in [4.69, 9.17) is 10.5 Å². The predicted octanol–water partition coefficient (Wildman–Crippen LogP) is 4.12. The maximum absolute atomic E-state index is 5.85. The molecular formula is C17H14N2O. The Hall–Kier alpha value is -2.81. The Morgan fingerprint density at radius 3 is 2.30 bits per heavy atom. The van der Waals surface area contributed by atoms with E-state index in [1.54, 1.807) is 18.3 Å². The van der Waals surface area contributed by atoms with Crippen LogP contribution in [0.2, 0.25) is 0 Å². The molecule has 98 valence electrons. The summed E-state index contributed by atoms with van der Waals surface area (Å²) in [5, 5.41) is 0. The van der Waals surface area contributed by atoms with Crippen LogP contribution >= 0.6 is 0 Å². The Kier molecular flexibility index (Phi) is 3.33. The van der Waals surface area contributed by atoms with Gasteiger partial charge in [-0.15, -0.1) is 0 Å². The standard InChI is InChI=1S/C17H14N2O/c18-14-8-10-15(11-9-14)20-17-16(7-4-12-19-17)13-5-2-1-3-6-13/h1-12H,18H2. The van der Waals surface area contributed by atoms with Gasteiger partial charge in [-0.05, 0) is 42.0 Å². The smallest absolute Gasteiger partial charge is 0.227 e. The fourth-order valence-electron chi connectivity index (χ4n) is 1.96. The van der Waals surface area contributed by atoms with E-state index in [9.17, 15) is 0 Å². The number of anilines is 1. The number of aromatic nitrogens is 1. The normalized spacial score (nSPS) is 10.2. The van der Waals surface area contributed by atoms with Crippen molar-refractivity contribution in [1.29, 1.82) is 0 Å². The molecule has 2 aromatic carbocycles. The number of nitrogens with zero attached hydrogens (tertiary/aromatic N) is 1. The highest BCUT2D eigenvalue weighted by atomic mass is 16.5. The molecule has 0 aliphatic heterocycles. The second kappa shape index (κ2) is 5.45. The molecule has 0 aliphatic rings. The minimum absolute atomic E-state index is 0.587. The molecule has 3 nitrogen and oxygen atoms in total. The highest BCUT2D eigenvalue weighted by Gasteiger charge is 2.07. The Bertz CT molecular complexity index is 694. The zero-order valence-electron chi connectivity index (χ0n) is 10.9. The van der Waals surface area contributed by atoms with Crippen molar-refractivity contribution in [2.75, 3.05) is 5.73 Å². The number of ether oxygens (including phenoxy) is 1. The first-order valence-corrected chi connectivity index (χ1v) is 6.37. The van der Waals surface area contributed by atoms with Gasteiger partial charge in [-0.3, -0.25) is 0 Å². The first-order chi connectivity index (χ1) is 9.83. The van der Waals surface area contributed by atoms with Crippen LogP contribution in [0.15, 0.2) is 72.9 Å². The number of benzene rings is 2. The summed E-state index contributed by atoms with van der Waals surface area (Å²) in [6, 6.07) is 21.2. The third kappa shape index (κ3) is 2.62. The Morgan fingerprint density at radius 1 is 0.800 bits per heavy atom. The van der Waals surface area contributed by atoms with E-state index in [1.165, 1.54) is 0 Å². The summed E-state index contributed by atoms with van der Waals surface area (Å²) in [5.41, 5.74) is 8.42. The molecule has 1 heterocycles. The molecule has 0 atom stereocenters. The van der Waals surface area contributed by atoms with Gasteiger partial charge in [0.05, 0.1) is 0 Å². The van der Waals surface area contributed by atoms with Crippen LogP contribution in [0, 0.1) is 0 Å². The minimum atomic E-state index is 0.587. The van der Waals surface area contributed by atoms with Crippen molar-refractivity contribution < 1.29 is 4.74 Å². The Balaban J connectivity index is 1.96. The number of nitrogen functional groups attached to an aromatic ring is 1. The molecule has 20 heavy (non-hydrogen) atoms. The molecule has 3 rings (SSSR count). The van der Waals surface area contributed by atoms with Crippen molar-refractivity contribution in [3.8, 4) is 22.8 Å². The second-order valence-corrected chi connectivity index (χ2v) is 4.39. The molecule has 0 radical (unpaired) electrons. The van der Waals surface area contributed by atoms with Crippen LogP contribution in [0.1, 0.15) is 0 Å². The van der Waals surface area contributed by atoms with Crippen LogP contribution in [0.25, 0.3) is 11.1 Å². The van der Waals surface area contributed by atoms with Crippen LogP contribution < -0.4 is 10.5 Å². The molecule has 0 bridgehead atoms. The number of pyridine rings is 1. The van der Waals surface area contributed by atoms with Gasteiger partial charge in [0, 0.05) is 17.4 Å². The molecule has 2 N–H and O–H groups in total. The predicted molar refractivity (Wildman–Crippen MR) is 80.6 cm³/mol. The van der Waals surface area contributed by atoms with Gasteiger partial charge in [0.25, 0.3) is 0 Å². The average Bonchev–Trinajstić information content (AvgIpc) is 2.51. The van der Waals surface area contributed by atoms with Gasteiger partial charge in [-0.25, -0.2) is 4.98 Å². The van der Waals surface area contributed by atoms with Crippen molar-refractivity contribution >= 4 is 5.69 Å². The minimum Gasteiger partial charge on any atom is -0.438 e. The zero-order valence-corrected chi connectivity index (χ0v) is 10.9. The van der Waals surface area contributed by atoms with Gasteiger partial charge in [-0.1, -0.05) is 30.3 Å². The number of hydrogen-bond donors (Lipinski definition) is 1. The van der Waals surface area contributed by atoms with Crippen LogP contribution in [0.4, 0.5) is 5.69 Å². The van der Waals surface area contributed by atoms with E-state index in [-0.39, 0.29) is 0 Å². The topological polar surface area (TPSA) is 48.1 Å². The molecule has 3 aromatic rings. The van der Waals surface area contributed by atoms with Crippen molar-refractivity contribution in [2.45, 2.75) is 0 Å². The van der Waals surface area contributed by atoms with Gasteiger partial charge >= 0.3 is 0 Å². The first kappa shape index (κ1) is 12.2. The van der Waals surface area contributed by atoms with Crippen LogP contribution in [-0.4, -0.2) is 4.98 Å². The Morgan fingerprint density at radius 2 is 1.55 bits per heavy atom. The van der Waals surface area contributed by atoms with Gasteiger partial charge in [0.15, 0.2) is 0 Å². The number of hydrogen-bond acceptors (Lipinski definition) is 3. The lowest BCUT2D eigenvalue weighted by atomic mass is 10.1. The lowest BCUT2D eigenvalue weighted by Gasteiger charge is -2.10. The summed E-state index contributed by atoms with van der Waals surface area (Å²) in [6.45, 7) is 0. The van der Waals surface area contributed by atoms with Gasteiger partial charge in [0.1, 0.15) is 5.75 Å². The fraction of sp³-hybridized carbons (Fsp3) is 0. The van der Waals surface area contributed by atoms with Gasteiger partial charge < -0.3 is 10.5 Å². The summed E-state index contributed by atoms with van der Waals surface area (Å²) >= 11 is 0. The molecular weight excluding hydrogens is 248 g/mol. The summed E-state index contributed by atoms with van der Waals surface area (Å²) < 4.78 is 5.85. The van der Waals surface area contributed by atoms with Gasteiger partial charge in [-0.2, -0.15) is 0 Å². The lowest BCUT2D eigenvalue weighted by Crippen LogP contribution is -1.92. The molecule has 1 aromatic heterocycles. The first-order valence-electron chi connectivity index (χ1n) is 6.37. The maximum Gasteiger partial charge on any atom is 0.227 e. The molecule has 0 saturated heterocycles. The number of rotatable bonds is 3. The lowest BCUT2D eigenvalue weighted by molar-refractivity contribution is 0.465. The van der Waals surface area contributed by atoms with E-state index in [0.29, 0.717) is 11.6 Å². The van der Waals surface area contributed by atoms with Crippen LogP contribution in [0.3, 0.4) is 0 Å². The number of nitrogens with two attached hydrogens (primary N) is 1. The quantitative estimate of drug-likeness (QED) is 0.722. The summed E-state index contributed by atoms with van der Waals surface area (Å²) in [7, 11) is 0. The van der Waals surface area contributed by atoms with E-state index in [2.05, 4.69) is 4.98 Å². The summed E-state index contributed by atoms with van der Waals surface area (Å²) in [6.07, 6.45) is 1.72. The van der Waals surface area contributed by atoms with Gasteiger partial charge in [0.2, 0.25) is 5.88 Å². The second-order valence-electron chi connectivity index (χ2n) is 4.39. The molecule has 0 spiro atoms. The van der Waals surface area contributed by atoms with Crippen LogP contribution in [-0.2, 0) is 0 Å².